The molecule has 0 saturated carbocycles. The number of nitrogens with zero attached hydrogens (tertiary/aromatic N) is 2. The zero-order valence-corrected chi connectivity index (χ0v) is 20.9. The number of thioether (sulfide) groups is 1. The zero-order valence-electron chi connectivity index (χ0n) is 17.7. The Kier molecular flexibility index (Phi) is 7.27. The van der Waals surface area contributed by atoms with E-state index in [1.807, 2.05) is 12.1 Å². The van der Waals surface area contributed by atoms with Crippen LogP contribution in [0.3, 0.4) is 0 Å². The van der Waals surface area contributed by atoms with Gasteiger partial charge < -0.3 is 9.47 Å². The number of nitriles is 1. The minimum Gasteiger partial charge on any atom is -0.493 e. The largest absolute Gasteiger partial charge is 0.493 e. The van der Waals surface area contributed by atoms with E-state index in [1.54, 1.807) is 54.6 Å². The topological polar surface area (TPSA) is 79.6 Å². The van der Waals surface area contributed by atoms with Gasteiger partial charge in [-0.3, -0.25) is 9.59 Å². The minimum absolute atomic E-state index is 0.185. The summed E-state index contributed by atoms with van der Waals surface area (Å²) >= 11 is 10.4. The lowest BCUT2D eigenvalue weighted by molar-refractivity contribution is -0.113. The Morgan fingerprint density at radius 2 is 1.91 bits per heavy atom. The molecule has 0 radical (unpaired) electrons. The maximum Gasteiger partial charge on any atom is 0.298 e. The molecule has 1 aliphatic rings. The molecule has 0 unspecified atom stereocenters. The molecule has 0 spiro atoms. The van der Waals surface area contributed by atoms with Gasteiger partial charge in [0.2, 0.25) is 0 Å². The van der Waals surface area contributed by atoms with Gasteiger partial charge in [0, 0.05) is 15.1 Å². The lowest BCUT2D eigenvalue weighted by Crippen LogP contribution is -2.27. The van der Waals surface area contributed by atoms with E-state index in [4.69, 9.17) is 21.1 Å². The molecule has 1 heterocycles. The predicted molar refractivity (Wildman–Crippen MR) is 136 cm³/mol. The van der Waals surface area contributed by atoms with Crippen molar-refractivity contribution < 1.29 is 19.1 Å². The second kappa shape index (κ2) is 10.3. The highest BCUT2D eigenvalue weighted by atomic mass is 79.9. The van der Waals surface area contributed by atoms with Crippen molar-refractivity contribution >= 4 is 62.2 Å². The average Bonchev–Trinajstić information content (AvgIpc) is 3.11. The summed E-state index contributed by atoms with van der Waals surface area (Å²) in [5.41, 5.74) is 2.34. The molecule has 0 atom stereocenters. The van der Waals surface area contributed by atoms with Gasteiger partial charge in [0.25, 0.3) is 11.1 Å². The monoisotopic (exact) mass is 554 g/mol. The number of rotatable bonds is 6. The number of anilines is 1. The normalized spacial score (nSPS) is 14.4. The van der Waals surface area contributed by atoms with Crippen LogP contribution in [0.1, 0.15) is 16.7 Å². The molecule has 170 valence electrons. The standard InChI is InChI=1S/C25H16BrClN2O4S/c1-32-21-9-17(20(26)12-22(21)33-14-16-6-3-2-5-15(16)13-28)10-23-24(30)29(25(31)34-23)19-8-4-7-18(27)11-19/h2-12H,14H2,1H3/b23-10+. The Labute approximate surface area is 213 Å². The van der Waals surface area contributed by atoms with E-state index in [9.17, 15) is 14.9 Å². The van der Waals surface area contributed by atoms with Crippen molar-refractivity contribution in [3.8, 4) is 17.6 Å². The molecule has 0 bridgehead atoms. The van der Waals surface area contributed by atoms with Crippen molar-refractivity contribution in [2.45, 2.75) is 6.61 Å². The molecular formula is C25H16BrClN2O4S. The highest BCUT2D eigenvalue weighted by Crippen LogP contribution is 2.40. The smallest absolute Gasteiger partial charge is 0.298 e. The summed E-state index contributed by atoms with van der Waals surface area (Å²) in [6.45, 7) is 0.185. The summed E-state index contributed by atoms with van der Waals surface area (Å²) in [4.78, 5) is 26.9. The Bertz CT molecular complexity index is 1370. The van der Waals surface area contributed by atoms with E-state index in [1.165, 1.54) is 7.11 Å². The van der Waals surface area contributed by atoms with Gasteiger partial charge in [-0.1, -0.05) is 51.8 Å². The fourth-order valence-corrected chi connectivity index (χ4v) is 4.74. The third-order valence-corrected chi connectivity index (χ3v) is 6.74. The lowest BCUT2D eigenvalue weighted by Gasteiger charge is -2.14. The molecule has 3 aromatic rings. The third-order valence-electron chi connectivity index (χ3n) is 4.95. The molecule has 34 heavy (non-hydrogen) atoms. The van der Waals surface area contributed by atoms with Crippen LogP contribution in [-0.4, -0.2) is 18.3 Å². The average molecular weight is 556 g/mol. The maximum absolute atomic E-state index is 13.0. The molecule has 0 aromatic heterocycles. The first-order chi connectivity index (χ1) is 16.4. The number of methoxy groups -OCH3 is 1. The van der Waals surface area contributed by atoms with Crippen molar-refractivity contribution in [1.82, 2.24) is 0 Å². The number of halogens is 2. The molecule has 3 aromatic carbocycles. The van der Waals surface area contributed by atoms with Gasteiger partial charge in [0.1, 0.15) is 6.61 Å². The van der Waals surface area contributed by atoms with E-state index in [0.717, 1.165) is 22.2 Å². The molecule has 9 heteroatoms. The summed E-state index contributed by atoms with van der Waals surface area (Å²) in [5, 5.41) is 9.30. The van der Waals surface area contributed by atoms with Gasteiger partial charge in [-0.25, -0.2) is 4.90 Å². The second-order valence-electron chi connectivity index (χ2n) is 7.08. The lowest BCUT2D eigenvalue weighted by atomic mass is 10.1. The van der Waals surface area contributed by atoms with Crippen molar-refractivity contribution in [1.29, 1.82) is 5.26 Å². The van der Waals surface area contributed by atoms with Crippen LogP contribution in [0.2, 0.25) is 5.02 Å². The number of hydrogen-bond acceptors (Lipinski definition) is 6. The summed E-state index contributed by atoms with van der Waals surface area (Å²) in [7, 11) is 1.51. The van der Waals surface area contributed by atoms with Crippen LogP contribution in [0.15, 0.2) is 70.0 Å². The van der Waals surface area contributed by atoms with Gasteiger partial charge in [-0.05, 0) is 59.8 Å². The van der Waals surface area contributed by atoms with Crippen LogP contribution >= 0.6 is 39.3 Å². The van der Waals surface area contributed by atoms with Crippen LogP contribution < -0.4 is 14.4 Å². The van der Waals surface area contributed by atoms with Gasteiger partial charge in [-0.15, -0.1) is 0 Å². The fraction of sp³-hybridized carbons (Fsp3) is 0.0800. The Morgan fingerprint density at radius 1 is 1.12 bits per heavy atom. The molecule has 1 aliphatic heterocycles. The number of benzene rings is 3. The molecule has 4 rings (SSSR count). The van der Waals surface area contributed by atoms with E-state index in [-0.39, 0.29) is 11.5 Å². The predicted octanol–water partition coefficient (Wildman–Crippen LogP) is 6.80. The van der Waals surface area contributed by atoms with Gasteiger partial charge in [-0.2, -0.15) is 5.26 Å². The molecule has 1 fully saturated rings. The minimum atomic E-state index is -0.434. The fourth-order valence-electron chi connectivity index (χ4n) is 3.29. The summed E-state index contributed by atoms with van der Waals surface area (Å²) < 4.78 is 12.0. The molecule has 1 saturated heterocycles. The van der Waals surface area contributed by atoms with E-state index < -0.39 is 11.1 Å². The third kappa shape index (κ3) is 4.97. The quantitative estimate of drug-likeness (QED) is 0.311. The zero-order chi connectivity index (χ0) is 24.2. The van der Waals surface area contributed by atoms with Crippen LogP contribution in [-0.2, 0) is 11.4 Å². The van der Waals surface area contributed by atoms with E-state index in [2.05, 4.69) is 22.0 Å². The number of hydrogen-bond donors (Lipinski definition) is 0. The molecule has 0 aliphatic carbocycles. The number of carbonyl (C=O) groups excluding carboxylic acids is 2. The van der Waals surface area contributed by atoms with Gasteiger partial charge in [0.15, 0.2) is 11.5 Å². The Morgan fingerprint density at radius 3 is 2.65 bits per heavy atom. The molecule has 0 N–H and O–H groups in total. The molecule has 2 amide bonds. The van der Waals surface area contributed by atoms with Crippen LogP contribution in [0, 0.1) is 11.3 Å². The Hall–Kier alpha value is -3.25. The number of imide groups is 1. The second-order valence-corrected chi connectivity index (χ2v) is 9.36. The highest BCUT2D eigenvalue weighted by molar-refractivity contribution is 9.10. The Balaban J connectivity index is 1.60. The first-order valence-corrected chi connectivity index (χ1v) is 11.9. The van der Waals surface area contributed by atoms with E-state index in [0.29, 0.717) is 37.8 Å². The van der Waals surface area contributed by atoms with Gasteiger partial charge >= 0.3 is 0 Å². The van der Waals surface area contributed by atoms with Crippen molar-refractivity contribution in [2.75, 3.05) is 12.0 Å². The van der Waals surface area contributed by atoms with Crippen LogP contribution in [0.4, 0.5) is 10.5 Å². The molecule has 6 nitrogen and oxygen atoms in total. The number of amides is 2. The summed E-state index contributed by atoms with van der Waals surface area (Å²) in [6.07, 6.45) is 1.62. The maximum atomic E-state index is 13.0. The van der Waals surface area contributed by atoms with Crippen LogP contribution in [0.25, 0.3) is 6.08 Å². The first kappa shape index (κ1) is 23.9. The SMILES string of the molecule is COc1cc(/C=C2/SC(=O)N(c3cccc(Cl)c3)C2=O)c(Br)cc1OCc1ccccc1C#N. The van der Waals surface area contributed by atoms with Crippen molar-refractivity contribution in [3.63, 3.8) is 0 Å². The number of ether oxygens (including phenoxy) is 2. The first-order valence-electron chi connectivity index (χ1n) is 9.93. The van der Waals surface area contributed by atoms with E-state index >= 15 is 0 Å². The van der Waals surface area contributed by atoms with Crippen molar-refractivity contribution in [2.24, 2.45) is 0 Å². The number of carbonyl (C=O) groups is 2. The van der Waals surface area contributed by atoms with Gasteiger partial charge in [0.05, 0.1) is 29.3 Å². The van der Waals surface area contributed by atoms with Crippen molar-refractivity contribution in [3.05, 3.63) is 91.8 Å². The molecular weight excluding hydrogens is 540 g/mol. The summed E-state index contributed by atoms with van der Waals surface area (Å²) in [6, 6.07) is 19.3. The highest BCUT2D eigenvalue weighted by Gasteiger charge is 2.36. The summed E-state index contributed by atoms with van der Waals surface area (Å²) in [5.74, 6) is 0.473. The van der Waals surface area contributed by atoms with Crippen LogP contribution in [0.5, 0.6) is 11.5 Å².